The van der Waals surface area contributed by atoms with Gasteiger partial charge in [-0.05, 0) is 29.7 Å². The molecule has 6 nitrogen and oxygen atoms in total. The minimum absolute atomic E-state index is 0. The van der Waals surface area contributed by atoms with E-state index in [2.05, 4.69) is 46.7 Å². The van der Waals surface area contributed by atoms with Gasteiger partial charge in [-0.25, -0.2) is 14.3 Å². The van der Waals surface area contributed by atoms with Crippen LogP contribution in [0.3, 0.4) is 0 Å². The summed E-state index contributed by atoms with van der Waals surface area (Å²) in [6.07, 6.45) is 0.837. The summed E-state index contributed by atoms with van der Waals surface area (Å²) in [4.78, 5) is 4.43. The van der Waals surface area contributed by atoms with Crippen LogP contribution in [0, 0.1) is 0 Å². The highest BCUT2D eigenvalue weighted by molar-refractivity contribution is 7.91. The van der Waals surface area contributed by atoms with Crippen molar-refractivity contribution in [2.75, 3.05) is 36.5 Å². The first-order chi connectivity index (χ1) is 13.0. The fourth-order valence-electron chi connectivity index (χ4n) is 2.96. The number of nitrogens with zero attached hydrogens (tertiary/aromatic N) is 2. The maximum absolute atomic E-state index is 11.5. The maximum Gasteiger partial charge on any atom is 0.151 e. The van der Waals surface area contributed by atoms with Gasteiger partial charge in [-0.3, -0.25) is 10.0 Å². The van der Waals surface area contributed by atoms with Crippen molar-refractivity contribution in [2.24, 2.45) is 10.8 Å². The van der Waals surface area contributed by atoms with Gasteiger partial charge in [0.1, 0.15) is 5.84 Å². The Hall–Kier alpha value is -2.09. The topological polar surface area (TPSA) is 87.8 Å². The molecule has 0 saturated carbocycles. The van der Waals surface area contributed by atoms with E-state index in [9.17, 15) is 8.42 Å². The number of amidine groups is 1. The van der Waals surface area contributed by atoms with Crippen molar-refractivity contribution in [1.29, 1.82) is 0 Å². The van der Waals surface area contributed by atoms with Gasteiger partial charge >= 0.3 is 0 Å². The lowest BCUT2D eigenvalue weighted by Crippen LogP contribution is -2.34. The molecule has 0 saturated heterocycles. The summed E-state index contributed by atoms with van der Waals surface area (Å²) in [5.41, 5.74) is 4.40. The molecular formula is C20H27ClN4O2S. The normalized spacial score (nSPS) is 13.8. The molecule has 8 heteroatoms. The van der Waals surface area contributed by atoms with E-state index in [1.807, 2.05) is 12.1 Å². The molecule has 3 N–H and O–H groups in total. The highest BCUT2D eigenvalue weighted by Crippen LogP contribution is 2.16. The second-order valence-electron chi connectivity index (χ2n) is 6.63. The van der Waals surface area contributed by atoms with Crippen molar-refractivity contribution >= 4 is 33.8 Å². The van der Waals surface area contributed by atoms with Crippen LogP contribution < -0.4 is 11.2 Å². The summed E-state index contributed by atoms with van der Waals surface area (Å²) >= 11 is 0. The van der Waals surface area contributed by atoms with Gasteiger partial charge in [0.25, 0.3) is 0 Å². The van der Waals surface area contributed by atoms with Gasteiger partial charge in [0.15, 0.2) is 9.84 Å². The van der Waals surface area contributed by atoms with E-state index < -0.39 is 9.84 Å². The van der Waals surface area contributed by atoms with Gasteiger partial charge in [0.05, 0.1) is 18.8 Å². The fourth-order valence-corrected chi connectivity index (χ4v) is 3.66. The molecule has 0 unspecified atom stereocenters. The summed E-state index contributed by atoms with van der Waals surface area (Å²) in [6, 6.07) is 16.4. The molecule has 1 heterocycles. The van der Waals surface area contributed by atoms with E-state index in [4.69, 9.17) is 5.84 Å². The third-order valence-electron chi connectivity index (χ3n) is 4.63. The number of halogens is 1. The highest BCUT2D eigenvalue weighted by Gasteiger charge is 2.14. The van der Waals surface area contributed by atoms with E-state index in [1.54, 1.807) is 11.9 Å². The maximum atomic E-state index is 11.5. The third kappa shape index (κ3) is 5.95. The summed E-state index contributed by atoms with van der Waals surface area (Å²) in [6.45, 7) is 3.61. The van der Waals surface area contributed by atoms with Gasteiger partial charge < -0.3 is 5.32 Å². The van der Waals surface area contributed by atoms with E-state index >= 15 is 0 Å². The first-order valence-corrected chi connectivity index (χ1v) is 11.0. The Kier molecular flexibility index (Phi) is 7.86. The van der Waals surface area contributed by atoms with Crippen LogP contribution in [0.1, 0.15) is 23.6 Å². The zero-order valence-electron chi connectivity index (χ0n) is 16.0. The number of rotatable bonds is 8. The minimum atomic E-state index is -2.93. The van der Waals surface area contributed by atoms with Crippen LogP contribution in [0.25, 0.3) is 0 Å². The summed E-state index contributed by atoms with van der Waals surface area (Å²) in [5, 5.41) is 4.85. The second-order valence-corrected chi connectivity index (χ2v) is 9.11. The zero-order valence-corrected chi connectivity index (χ0v) is 17.6. The van der Waals surface area contributed by atoms with Crippen molar-refractivity contribution < 1.29 is 8.42 Å². The third-order valence-corrected chi connectivity index (χ3v) is 6.34. The number of nitrogens with one attached hydrogen (secondary N) is 1. The van der Waals surface area contributed by atoms with Crippen molar-refractivity contribution in [1.82, 2.24) is 5.01 Å². The molecule has 0 aromatic heterocycles. The number of hydrogen-bond acceptors (Lipinski definition) is 6. The molecule has 2 aromatic carbocycles. The molecule has 0 radical (unpaired) electrons. The van der Waals surface area contributed by atoms with Gasteiger partial charge in [-0.1, -0.05) is 43.3 Å². The van der Waals surface area contributed by atoms with E-state index in [0.717, 1.165) is 36.6 Å². The smallest absolute Gasteiger partial charge is 0.151 e. The van der Waals surface area contributed by atoms with Gasteiger partial charge in [0, 0.05) is 23.5 Å². The van der Waals surface area contributed by atoms with Gasteiger partial charge in [0.2, 0.25) is 0 Å². The standard InChI is InChI=1S/C20H26N4O2S.ClH/c1-2-27(25,26)14-12-22-19-9-5-17(6-10-19)15-16-3-7-18(8-4-16)20-23-11-13-24(20)21;/h3-10,22H,2,11-15,21H2,1H3;1H. The van der Waals surface area contributed by atoms with Crippen LogP contribution in [0.15, 0.2) is 53.5 Å². The quantitative estimate of drug-likeness (QED) is 0.638. The lowest BCUT2D eigenvalue weighted by atomic mass is 10.0. The number of benzene rings is 2. The predicted molar refractivity (Wildman–Crippen MR) is 118 cm³/mol. The average Bonchev–Trinajstić information content (AvgIpc) is 3.10. The molecule has 0 amide bonds. The minimum Gasteiger partial charge on any atom is -0.384 e. The SMILES string of the molecule is CCS(=O)(=O)CCNc1ccc(Cc2ccc(C3=NCCN3N)cc2)cc1.Cl. The first-order valence-electron chi connectivity index (χ1n) is 9.16. The van der Waals surface area contributed by atoms with Crippen LogP contribution >= 0.6 is 12.4 Å². The van der Waals surface area contributed by atoms with Crippen LogP contribution in [0.2, 0.25) is 0 Å². The Morgan fingerprint density at radius 2 is 1.68 bits per heavy atom. The molecule has 0 aliphatic carbocycles. The lowest BCUT2D eigenvalue weighted by molar-refractivity contribution is 0.484. The van der Waals surface area contributed by atoms with Crippen LogP contribution in [-0.2, 0) is 16.3 Å². The summed E-state index contributed by atoms with van der Waals surface area (Å²) < 4.78 is 23.0. The van der Waals surface area contributed by atoms with Crippen molar-refractivity contribution in [3.8, 4) is 0 Å². The molecule has 3 rings (SSSR count). The van der Waals surface area contributed by atoms with Crippen molar-refractivity contribution in [2.45, 2.75) is 13.3 Å². The van der Waals surface area contributed by atoms with Crippen LogP contribution in [0.5, 0.6) is 0 Å². The Balaban J connectivity index is 0.00000280. The lowest BCUT2D eigenvalue weighted by Gasteiger charge is -2.13. The molecule has 28 heavy (non-hydrogen) atoms. The molecule has 2 aromatic rings. The summed E-state index contributed by atoms with van der Waals surface area (Å²) in [5.74, 6) is 7.10. The predicted octanol–water partition coefficient (Wildman–Crippen LogP) is 2.48. The van der Waals surface area contributed by atoms with E-state index in [0.29, 0.717) is 6.54 Å². The monoisotopic (exact) mass is 422 g/mol. The van der Waals surface area contributed by atoms with E-state index in [-0.39, 0.29) is 23.9 Å². The number of hydrazine groups is 1. The van der Waals surface area contributed by atoms with Crippen LogP contribution in [0.4, 0.5) is 5.69 Å². The van der Waals surface area contributed by atoms with Gasteiger partial charge in [-0.2, -0.15) is 0 Å². The molecule has 0 atom stereocenters. The number of anilines is 1. The second kappa shape index (κ2) is 9.91. The number of aliphatic imine (C=N–C) groups is 1. The largest absolute Gasteiger partial charge is 0.384 e. The Labute approximate surface area is 173 Å². The zero-order chi connectivity index (χ0) is 19.3. The van der Waals surface area contributed by atoms with Crippen LogP contribution in [-0.4, -0.2) is 50.4 Å². The average molecular weight is 423 g/mol. The molecule has 152 valence electrons. The fraction of sp³-hybridized carbons (Fsp3) is 0.350. The highest BCUT2D eigenvalue weighted by atomic mass is 35.5. The molecule has 1 aliphatic rings. The summed E-state index contributed by atoms with van der Waals surface area (Å²) in [7, 11) is -2.93. The molecular weight excluding hydrogens is 396 g/mol. The van der Waals surface area contributed by atoms with E-state index in [1.165, 1.54) is 11.1 Å². The number of nitrogens with two attached hydrogens (primary N) is 1. The van der Waals surface area contributed by atoms with Gasteiger partial charge in [-0.15, -0.1) is 12.4 Å². The number of hydrogen-bond donors (Lipinski definition) is 2. The molecule has 0 fully saturated rings. The number of sulfone groups is 1. The Morgan fingerprint density at radius 1 is 1.07 bits per heavy atom. The Bertz CT molecular complexity index is 897. The first kappa shape index (κ1) is 22.2. The van der Waals surface area contributed by atoms with Crippen molar-refractivity contribution in [3.05, 3.63) is 65.2 Å². The Morgan fingerprint density at radius 3 is 2.21 bits per heavy atom. The van der Waals surface area contributed by atoms with Crippen molar-refractivity contribution in [3.63, 3.8) is 0 Å². The molecule has 0 spiro atoms. The molecule has 1 aliphatic heterocycles. The molecule has 0 bridgehead atoms.